The van der Waals surface area contributed by atoms with Gasteiger partial charge in [-0.25, -0.2) is 19.6 Å². The van der Waals surface area contributed by atoms with Crippen molar-refractivity contribution in [1.29, 1.82) is 0 Å². The summed E-state index contributed by atoms with van der Waals surface area (Å²) in [6.07, 6.45) is -1.81. The Labute approximate surface area is 236 Å². The normalized spacial score (nSPS) is 19.1. The fraction of sp³-hybridized carbons (Fsp3) is 0.556. The van der Waals surface area contributed by atoms with Crippen LogP contribution in [0.2, 0.25) is 0 Å². The largest absolute Gasteiger partial charge is 0.489 e. The first-order valence-electron chi connectivity index (χ1n) is 12.9. The van der Waals surface area contributed by atoms with Crippen molar-refractivity contribution in [2.24, 2.45) is 5.73 Å². The first-order valence-corrected chi connectivity index (χ1v) is 14.3. The molecule has 1 aromatic carbocycles. The van der Waals surface area contributed by atoms with Crippen LogP contribution in [0.4, 0.5) is 23.7 Å². The Morgan fingerprint density at radius 1 is 1.18 bits per heavy atom. The molecule has 9 nitrogen and oxygen atoms in total. The van der Waals surface area contributed by atoms with Gasteiger partial charge in [0.25, 0.3) is 0 Å². The van der Waals surface area contributed by atoms with Crippen LogP contribution in [0.1, 0.15) is 74.4 Å². The number of esters is 1. The van der Waals surface area contributed by atoms with Gasteiger partial charge in [0.05, 0.1) is 42.6 Å². The van der Waals surface area contributed by atoms with Crippen LogP contribution >= 0.6 is 11.8 Å². The smallest absolute Gasteiger partial charge is 0.416 e. The molecule has 2 aromatic rings. The molecule has 40 heavy (non-hydrogen) atoms. The van der Waals surface area contributed by atoms with Crippen molar-refractivity contribution >= 4 is 29.5 Å². The number of carbonyl (C=O) groups is 2. The molecule has 2 heterocycles. The Bertz CT molecular complexity index is 1220. The highest BCUT2D eigenvalue weighted by Gasteiger charge is 2.45. The van der Waals surface area contributed by atoms with E-state index in [0.29, 0.717) is 12.2 Å². The van der Waals surface area contributed by atoms with Gasteiger partial charge in [-0.15, -0.1) is 0 Å². The van der Waals surface area contributed by atoms with E-state index in [1.807, 2.05) is 6.26 Å². The zero-order valence-electron chi connectivity index (χ0n) is 23.4. The lowest BCUT2D eigenvalue weighted by Gasteiger charge is -2.43. The Balaban J connectivity index is 2.23. The lowest BCUT2D eigenvalue weighted by atomic mass is 9.79. The number of nitrogens with zero attached hydrogens (tertiary/aromatic N) is 3. The summed E-state index contributed by atoms with van der Waals surface area (Å²) >= 11 is 1.54. The number of ether oxygens (including phenoxy) is 3. The molecule has 220 valence electrons. The molecule has 3 atom stereocenters. The summed E-state index contributed by atoms with van der Waals surface area (Å²) in [6, 6.07) is 1.49. The highest BCUT2D eigenvalue weighted by Crippen LogP contribution is 2.44. The predicted molar refractivity (Wildman–Crippen MR) is 146 cm³/mol. The molecule has 3 unspecified atom stereocenters. The number of hydrogen-bond acceptors (Lipinski definition) is 9. The molecule has 1 aromatic heterocycles. The van der Waals surface area contributed by atoms with E-state index in [2.05, 4.69) is 9.97 Å². The SMILES string of the molecule is CCOC(=O)N1c2ccc(C(F)(F)F)cc2C(c2ncc(OCCSC)c(C(=O)OC(C)(C)C)n2)C(N)C1CC. The van der Waals surface area contributed by atoms with Crippen molar-refractivity contribution in [3.63, 3.8) is 0 Å². The lowest BCUT2D eigenvalue weighted by molar-refractivity contribution is -0.137. The van der Waals surface area contributed by atoms with E-state index in [-0.39, 0.29) is 41.7 Å². The topological polar surface area (TPSA) is 117 Å². The van der Waals surface area contributed by atoms with Crippen molar-refractivity contribution in [1.82, 2.24) is 9.97 Å². The molecule has 2 N–H and O–H groups in total. The second-order valence-corrected chi connectivity index (χ2v) is 11.1. The molecular formula is C27H35F3N4O5S. The minimum atomic E-state index is -4.66. The molecule has 1 amide bonds. The summed E-state index contributed by atoms with van der Waals surface area (Å²) < 4.78 is 57.8. The minimum Gasteiger partial charge on any atom is -0.489 e. The number of halogens is 3. The van der Waals surface area contributed by atoms with Crippen LogP contribution in [0.5, 0.6) is 5.75 Å². The van der Waals surface area contributed by atoms with E-state index in [1.54, 1.807) is 46.4 Å². The first kappa shape index (κ1) is 31.5. The summed E-state index contributed by atoms with van der Waals surface area (Å²) in [6.45, 7) is 8.87. The van der Waals surface area contributed by atoms with E-state index in [1.165, 1.54) is 17.2 Å². The Morgan fingerprint density at radius 3 is 2.45 bits per heavy atom. The fourth-order valence-electron chi connectivity index (χ4n) is 4.52. The highest BCUT2D eigenvalue weighted by atomic mass is 32.2. The van der Waals surface area contributed by atoms with Gasteiger partial charge in [-0.05, 0) is 64.1 Å². The fourth-order valence-corrected chi connectivity index (χ4v) is 4.77. The molecule has 0 bridgehead atoms. The van der Waals surface area contributed by atoms with E-state index in [4.69, 9.17) is 19.9 Å². The predicted octanol–water partition coefficient (Wildman–Crippen LogP) is 5.41. The Kier molecular flexibility index (Phi) is 9.94. The molecule has 0 saturated heterocycles. The van der Waals surface area contributed by atoms with Crippen molar-refractivity contribution in [2.45, 2.75) is 70.8 Å². The number of nitrogens with two attached hydrogens (primary N) is 1. The maximum absolute atomic E-state index is 13.8. The lowest BCUT2D eigenvalue weighted by Crippen LogP contribution is -2.57. The zero-order chi connectivity index (χ0) is 29.8. The van der Waals surface area contributed by atoms with Crippen molar-refractivity contribution in [2.75, 3.05) is 30.1 Å². The molecule has 1 aliphatic heterocycles. The summed E-state index contributed by atoms with van der Waals surface area (Å²) in [7, 11) is 0. The van der Waals surface area contributed by atoms with Crippen LogP contribution in [-0.4, -0.2) is 64.9 Å². The van der Waals surface area contributed by atoms with Crippen molar-refractivity contribution in [3.8, 4) is 5.75 Å². The van der Waals surface area contributed by atoms with Crippen LogP contribution < -0.4 is 15.4 Å². The van der Waals surface area contributed by atoms with Crippen molar-refractivity contribution in [3.05, 3.63) is 47.0 Å². The number of fused-ring (bicyclic) bond motifs is 1. The van der Waals surface area contributed by atoms with Crippen LogP contribution in [0.3, 0.4) is 0 Å². The van der Waals surface area contributed by atoms with Crippen molar-refractivity contribution < 1.29 is 37.0 Å². The quantitative estimate of drug-likeness (QED) is 0.321. The molecule has 0 saturated carbocycles. The van der Waals surface area contributed by atoms with Gasteiger partial charge < -0.3 is 19.9 Å². The summed E-state index contributed by atoms with van der Waals surface area (Å²) in [5, 5.41) is 0. The number of anilines is 1. The van der Waals surface area contributed by atoms with Crippen LogP contribution in [-0.2, 0) is 15.7 Å². The summed E-state index contributed by atoms with van der Waals surface area (Å²) in [5.74, 6) is -1.04. The minimum absolute atomic E-state index is 0.00751. The third kappa shape index (κ3) is 6.98. The van der Waals surface area contributed by atoms with Gasteiger partial charge in [0.15, 0.2) is 11.4 Å². The van der Waals surface area contributed by atoms with E-state index < -0.39 is 47.4 Å². The number of thioether (sulfide) groups is 1. The molecule has 0 aliphatic carbocycles. The molecule has 13 heteroatoms. The number of rotatable bonds is 8. The first-order chi connectivity index (χ1) is 18.7. The maximum Gasteiger partial charge on any atom is 0.416 e. The van der Waals surface area contributed by atoms with Gasteiger partial charge in [0, 0.05) is 11.8 Å². The summed E-state index contributed by atoms with van der Waals surface area (Å²) in [4.78, 5) is 36.2. The second kappa shape index (κ2) is 12.6. The van der Waals surface area contributed by atoms with E-state index in [0.717, 1.165) is 12.1 Å². The Hall–Kier alpha value is -3.06. The Morgan fingerprint density at radius 2 is 1.88 bits per heavy atom. The van der Waals surface area contributed by atoms with Gasteiger partial charge in [-0.2, -0.15) is 24.9 Å². The average Bonchev–Trinajstić information content (AvgIpc) is 2.86. The zero-order valence-corrected chi connectivity index (χ0v) is 24.2. The van der Waals surface area contributed by atoms with Gasteiger partial charge in [0.1, 0.15) is 11.4 Å². The van der Waals surface area contributed by atoms with Crippen LogP contribution in [0, 0.1) is 0 Å². The molecule has 3 rings (SSSR count). The molecule has 1 aliphatic rings. The maximum atomic E-state index is 13.8. The van der Waals surface area contributed by atoms with Gasteiger partial charge in [-0.3, -0.25) is 4.90 Å². The van der Waals surface area contributed by atoms with E-state index in [9.17, 15) is 22.8 Å². The number of alkyl halides is 3. The van der Waals surface area contributed by atoms with Gasteiger partial charge in [0.2, 0.25) is 0 Å². The molecule has 0 radical (unpaired) electrons. The molecule has 0 spiro atoms. The van der Waals surface area contributed by atoms with Crippen LogP contribution in [0.25, 0.3) is 0 Å². The number of amides is 1. The molecular weight excluding hydrogens is 549 g/mol. The average molecular weight is 585 g/mol. The highest BCUT2D eigenvalue weighted by molar-refractivity contribution is 7.98. The number of carbonyl (C=O) groups excluding carboxylic acids is 2. The van der Waals surface area contributed by atoms with Gasteiger partial charge >= 0.3 is 18.2 Å². The number of benzene rings is 1. The standard InChI is InChI=1S/C27H35F3N4O5S/c1-7-17-21(31)20(16-13-15(27(28,29)30)9-10-18(16)34(17)25(36)37-8-2)23-32-14-19(38-11-12-40-6)22(33-23)24(35)39-26(3,4)5/h9-10,13-14,17,20-21H,7-8,11-12,31H2,1-6H3. The second-order valence-electron chi connectivity index (χ2n) is 10.2. The third-order valence-electron chi connectivity index (χ3n) is 6.18. The summed E-state index contributed by atoms with van der Waals surface area (Å²) in [5.41, 5.74) is 5.02. The molecule has 0 fully saturated rings. The van der Waals surface area contributed by atoms with E-state index >= 15 is 0 Å². The third-order valence-corrected chi connectivity index (χ3v) is 6.76. The number of hydrogen-bond donors (Lipinski definition) is 1. The van der Waals surface area contributed by atoms with Gasteiger partial charge in [-0.1, -0.05) is 6.92 Å². The number of aromatic nitrogens is 2. The van der Waals surface area contributed by atoms with Crippen LogP contribution in [0.15, 0.2) is 24.4 Å². The monoisotopic (exact) mass is 584 g/mol.